The molecule has 5 heteroatoms. The molecule has 0 fully saturated rings. The Kier molecular flexibility index (Phi) is 8.87. The van der Waals surface area contributed by atoms with Gasteiger partial charge >= 0.3 is 5.97 Å². The first kappa shape index (κ1) is 17.0. The summed E-state index contributed by atoms with van der Waals surface area (Å²) in [5.41, 5.74) is 0.231. The number of phenols is 1. The van der Waals surface area contributed by atoms with E-state index < -0.39 is 11.9 Å². The zero-order valence-corrected chi connectivity index (χ0v) is 11.3. The van der Waals surface area contributed by atoms with Gasteiger partial charge in [-0.15, -0.1) is 0 Å². The van der Waals surface area contributed by atoms with E-state index in [1.807, 2.05) is 0 Å². The van der Waals surface area contributed by atoms with E-state index in [0.717, 1.165) is 26.2 Å². The standard InChI is InChI=1S/C12H16O3.C2H4O2/c1-2-3-6-9-15-12(14)10-7-4-5-8-11(10)13;1-2(3)4/h4-5,7-8,13H,2-3,6,9H2,1H3;1H3,(H,3,4). The number of aromatic hydroxyl groups is 1. The van der Waals surface area contributed by atoms with Gasteiger partial charge in [0.2, 0.25) is 0 Å². The van der Waals surface area contributed by atoms with E-state index in [2.05, 4.69) is 6.92 Å². The van der Waals surface area contributed by atoms with E-state index in [1.165, 1.54) is 6.07 Å². The first-order valence-electron chi connectivity index (χ1n) is 6.13. The number of unbranched alkanes of at least 4 members (excludes halogenated alkanes) is 2. The van der Waals surface area contributed by atoms with Crippen molar-refractivity contribution in [1.29, 1.82) is 0 Å². The summed E-state index contributed by atoms with van der Waals surface area (Å²) in [6.07, 6.45) is 3.01. The molecule has 0 saturated carbocycles. The maximum absolute atomic E-state index is 11.4. The normalized spacial score (nSPS) is 9.16. The third-order valence-corrected chi connectivity index (χ3v) is 2.11. The highest BCUT2D eigenvalue weighted by molar-refractivity contribution is 5.92. The number of carbonyl (C=O) groups is 2. The highest BCUT2D eigenvalue weighted by atomic mass is 16.5. The van der Waals surface area contributed by atoms with Crippen LogP contribution in [0.2, 0.25) is 0 Å². The van der Waals surface area contributed by atoms with E-state index >= 15 is 0 Å². The number of aliphatic carboxylic acids is 1. The predicted molar refractivity (Wildman–Crippen MR) is 71.2 cm³/mol. The maximum Gasteiger partial charge on any atom is 0.341 e. The lowest BCUT2D eigenvalue weighted by Gasteiger charge is -2.05. The Morgan fingerprint density at radius 1 is 1.21 bits per heavy atom. The number of carboxylic acids is 1. The predicted octanol–water partition coefficient (Wildman–Crippen LogP) is 2.83. The zero-order valence-electron chi connectivity index (χ0n) is 11.3. The summed E-state index contributed by atoms with van der Waals surface area (Å²) in [6.45, 7) is 3.59. The van der Waals surface area contributed by atoms with Crippen molar-refractivity contribution in [3.8, 4) is 5.75 Å². The van der Waals surface area contributed by atoms with Gasteiger partial charge in [0.1, 0.15) is 11.3 Å². The fourth-order valence-electron chi connectivity index (χ4n) is 1.24. The van der Waals surface area contributed by atoms with Crippen molar-refractivity contribution in [3.63, 3.8) is 0 Å². The summed E-state index contributed by atoms with van der Waals surface area (Å²) < 4.78 is 5.01. The summed E-state index contributed by atoms with van der Waals surface area (Å²) in [5, 5.41) is 16.8. The molecule has 1 rings (SSSR count). The molecule has 1 aromatic rings. The van der Waals surface area contributed by atoms with Gasteiger partial charge in [0, 0.05) is 6.92 Å². The molecule has 19 heavy (non-hydrogen) atoms. The zero-order chi connectivity index (χ0) is 14.7. The first-order chi connectivity index (χ1) is 8.99. The minimum absolute atomic E-state index is 0.0296. The number of carbonyl (C=O) groups excluding carboxylic acids is 1. The lowest BCUT2D eigenvalue weighted by atomic mass is 10.2. The van der Waals surface area contributed by atoms with Crippen molar-refractivity contribution in [1.82, 2.24) is 0 Å². The van der Waals surface area contributed by atoms with Crippen molar-refractivity contribution in [2.75, 3.05) is 6.61 Å². The van der Waals surface area contributed by atoms with Gasteiger partial charge in [-0.05, 0) is 18.6 Å². The average molecular weight is 268 g/mol. The Hall–Kier alpha value is -2.04. The monoisotopic (exact) mass is 268 g/mol. The fraction of sp³-hybridized carbons (Fsp3) is 0.429. The maximum atomic E-state index is 11.4. The number of para-hydroxylation sites is 1. The number of benzene rings is 1. The highest BCUT2D eigenvalue weighted by Crippen LogP contribution is 2.16. The molecule has 0 heterocycles. The molecule has 0 aliphatic rings. The van der Waals surface area contributed by atoms with Crippen LogP contribution in [0.25, 0.3) is 0 Å². The van der Waals surface area contributed by atoms with E-state index in [0.29, 0.717) is 6.61 Å². The molecule has 5 nitrogen and oxygen atoms in total. The van der Waals surface area contributed by atoms with Crippen LogP contribution in [-0.4, -0.2) is 28.8 Å². The fourth-order valence-corrected chi connectivity index (χ4v) is 1.24. The number of phenolic OH excluding ortho intramolecular Hbond substituents is 1. The summed E-state index contributed by atoms with van der Waals surface area (Å²) in [6, 6.07) is 6.39. The Balaban J connectivity index is 0.000000711. The molecule has 0 saturated heterocycles. The summed E-state index contributed by atoms with van der Waals surface area (Å²) in [7, 11) is 0. The van der Waals surface area contributed by atoms with Crippen LogP contribution in [0.5, 0.6) is 5.75 Å². The van der Waals surface area contributed by atoms with E-state index in [4.69, 9.17) is 14.6 Å². The molecular weight excluding hydrogens is 248 g/mol. The van der Waals surface area contributed by atoms with Crippen LogP contribution in [0.1, 0.15) is 43.5 Å². The lowest BCUT2D eigenvalue weighted by molar-refractivity contribution is -0.134. The minimum Gasteiger partial charge on any atom is -0.507 e. The molecule has 106 valence electrons. The van der Waals surface area contributed by atoms with Crippen LogP contribution in [0.4, 0.5) is 0 Å². The summed E-state index contributed by atoms with van der Waals surface area (Å²) in [5.74, 6) is -1.32. The molecule has 0 aromatic heterocycles. The third kappa shape index (κ3) is 8.65. The van der Waals surface area contributed by atoms with E-state index in [9.17, 15) is 9.90 Å². The number of rotatable bonds is 5. The molecule has 2 N–H and O–H groups in total. The van der Waals surface area contributed by atoms with E-state index in [1.54, 1.807) is 18.2 Å². The van der Waals surface area contributed by atoms with Gasteiger partial charge in [-0.2, -0.15) is 0 Å². The number of ether oxygens (including phenoxy) is 1. The number of hydrogen-bond acceptors (Lipinski definition) is 4. The van der Waals surface area contributed by atoms with Crippen LogP contribution in [0.3, 0.4) is 0 Å². The quantitative estimate of drug-likeness (QED) is 0.633. The minimum atomic E-state index is -0.833. The Morgan fingerprint density at radius 2 is 1.79 bits per heavy atom. The Morgan fingerprint density at radius 3 is 2.32 bits per heavy atom. The number of hydrogen-bond donors (Lipinski definition) is 2. The van der Waals surface area contributed by atoms with Gasteiger partial charge in [0.25, 0.3) is 5.97 Å². The van der Waals surface area contributed by atoms with Gasteiger partial charge in [-0.25, -0.2) is 4.79 Å². The van der Waals surface area contributed by atoms with Crippen molar-refractivity contribution in [2.45, 2.75) is 33.1 Å². The van der Waals surface area contributed by atoms with Crippen LogP contribution in [0, 0.1) is 0 Å². The molecule has 0 atom stereocenters. The van der Waals surface area contributed by atoms with Gasteiger partial charge in [-0.3, -0.25) is 4.79 Å². The molecule has 0 spiro atoms. The Bertz CT molecular complexity index is 397. The van der Waals surface area contributed by atoms with E-state index in [-0.39, 0.29) is 11.3 Å². The van der Waals surface area contributed by atoms with Crippen LogP contribution < -0.4 is 0 Å². The van der Waals surface area contributed by atoms with Gasteiger partial charge in [0.15, 0.2) is 0 Å². The average Bonchev–Trinajstić information content (AvgIpc) is 2.34. The summed E-state index contributed by atoms with van der Waals surface area (Å²) >= 11 is 0. The second-order valence-corrected chi connectivity index (χ2v) is 3.88. The molecule has 0 aliphatic carbocycles. The van der Waals surface area contributed by atoms with Crippen LogP contribution in [-0.2, 0) is 9.53 Å². The van der Waals surface area contributed by atoms with Gasteiger partial charge < -0.3 is 14.9 Å². The molecule has 0 radical (unpaired) electrons. The smallest absolute Gasteiger partial charge is 0.341 e. The molecular formula is C14H20O5. The second-order valence-electron chi connectivity index (χ2n) is 3.88. The van der Waals surface area contributed by atoms with Crippen molar-refractivity contribution in [2.24, 2.45) is 0 Å². The molecule has 1 aromatic carbocycles. The summed E-state index contributed by atoms with van der Waals surface area (Å²) in [4.78, 5) is 20.4. The van der Waals surface area contributed by atoms with Crippen molar-refractivity contribution < 1.29 is 24.5 Å². The van der Waals surface area contributed by atoms with Crippen molar-refractivity contribution >= 4 is 11.9 Å². The van der Waals surface area contributed by atoms with Crippen LogP contribution in [0.15, 0.2) is 24.3 Å². The molecule has 0 amide bonds. The van der Waals surface area contributed by atoms with Gasteiger partial charge in [-0.1, -0.05) is 31.9 Å². The largest absolute Gasteiger partial charge is 0.507 e. The number of carboxylic acid groups (broad SMARTS) is 1. The highest BCUT2D eigenvalue weighted by Gasteiger charge is 2.10. The Labute approximate surface area is 112 Å². The van der Waals surface area contributed by atoms with Crippen LogP contribution >= 0.6 is 0 Å². The molecule has 0 unspecified atom stereocenters. The topological polar surface area (TPSA) is 83.8 Å². The third-order valence-electron chi connectivity index (χ3n) is 2.11. The number of esters is 1. The van der Waals surface area contributed by atoms with Crippen molar-refractivity contribution in [3.05, 3.63) is 29.8 Å². The second kappa shape index (κ2) is 9.94. The molecule has 0 aliphatic heterocycles. The SMILES string of the molecule is CC(=O)O.CCCCCOC(=O)c1ccccc1O. The lowest BCUT2D eigenvalue weighted by Crippen LogP contribution is -2.06. The first-order valence-corrected chi connectivity index (χ1v) is 6.13. The molecule has 0 bridgehead atoms. The van der Waals surface area contributed by atoms with Gasteiger partial charge in [0.05, 0.1) is 6.61 Å².